The number of rotatable bonds is 3. The van der Waals surface area contributed by atoms with Crippen molar-refractivity contribution in [3.05, 3.63) is 23.8 Å². The fraction of sp³-hybridized carbons (Fsp3) is 0.222. The van der Waals surface area contributed by atoms with E-state index >= 15 is 0 Å². The molecule has 0 unspecified atom stereocenters. The number of nitrogens with two attached hydrogens (primary N) is 1. The Morgan fingerprint density at radius 2 is 2.12 bits per heavy atom. The predicted molar refractivity (Wildman–Crippen MR) is 64.0 cm³/mol. The van der Waals surface area contributed by atoms with E-state index < -0.39 is 12.0 Å². The first-order valence-corrected chi connectivity index (χ1v) is 5.09. The van der Waals surface area contributed by atoms with E-state index in [0.29, 0.717) is 6.42 Å². The first-order chi connectivity index (χ1) is 7.16. The average molecular weight is 260 g/mol. The largest absolute Gasteiger partial charge is 0.480 e. The Hall–Kier alpha value is -1.24. The quantitative estimate of drug-likeness (QED) is 0.861. The van der Waals surface area contributed by atoms with E-state index in [-0.39, 0.29) is 12.4 Å². The first-order valence-electron chi connectivity index (χ1n) is 4.36. The van der Waals surface area contributed by atoms with Gasteiger partial charge in [0.25, 0.3) is 0 Å². The molecule has 0 radical (unpaired) electrons. The normalized spacial score (nSPS) is 12.1. The fourth-order valence-corrected chi connectivity index (χ4v) is 1.81. The maximum Gasteiger partial charge on any atom is 0.320 e. The predicted octanol–water partition coefficient (Wildman–Crippen LogP) is 1.07. The number of aliphatic carboxylic acids is 1. The molecule has 1 heterocycles. The second-order valence-electron chi connectivity index (χ2n) is 3.24. The molecule has 0 saturated heterocycles. The maximum absolute atomic E-state index is 10.6. The lowest BCUT2D eigenvalue weighted by Crippen LogP contribution is -2.32. The van der Waals surface area contributed by atoms with E-state index in [4.69, 9.17) is 10.8 Å². The van der Waals surface area contributed by atoms with Crippen LogP contribution in [-0.2, 0) is 11.2 Å². The number of halogens is 1. The molecule has 3 N–H and O–H groups in total. The number of nitrogens with zero attached hydrogens (tertiary/aromatic N) is 2. The molecule has 2 aromatic rings. The zero-order valence-corrected chi connectivity index (χ0v) is 9.79. The fourth-order valence-electron chi connectivity index (χ4n) is 1.30. The van der Waals surface area contributed by atoms with Crippen molar-refractivity contribution in [2.45, 2.75) is 12.5 Å². The van der Waals surface area contributed by atoms with Crippen LogP contribution in [0.5, 0.6) is 0 Å². The number of hydrogen-bond donors (Lipinski definition) is 2. The van der Waals surface area contributed by atoms with Gasteiger partial charge in [-0.2, -0.15) is 8.75 Å². The summed E-state index contributed by atoms with van der Waals surface area (Å²) in [5.41, 5.74) is 7.91. The van der Waals surface area contributed by atoms with Gasteiger partial charge >= 0.3 is 5.97 Å². The van der Waals surface area contributed by atoms with Crippen molar-refractivity contribution < 1.29 is 9.90 Å². The molecule has 0 aliphatic rings. The summed E-state index contributed by atoms with van der Waals surface area (Å²) >= 11 is 1.14. The molecular formula is C9H10ClN3O2S. The first kappa shape index (κ1) is 12.8. The molecule has 0 amide bonds. The molecule has 7 heteroatoms. The molecule has 0 spiro atoms. The van der Waals surface area contributed by atoms with E-state index in [1.165, 1.54) is 0 Å². The molecule has 0 aliphatic carbocycles. The van der Waals surface area contributed by atoms with Crippen molar-refractivity contribution in [3.63, 3.8) is 0 Å². The Labute approximate surface area is 102 Å². The summed E-state index contributed by atoms with van der Waals surface area (Å²) in [5, 5.41) is 8.67. The zero-order valence-electron chi connectivity index (χ0n) is 8.16. The van der Waals surface area contributed by atoms with Crippen LogP contribution in [-0.4, -0.2) is 25.9 Å². The van der Waals surface area contributed by atoms with Gasteiger partial charge in [-0.1, -0.05) is 6.07 Å². The van der Waals surface area contributed by atoms with Crippen LogP contribution in [0.3, 0.4) is 0 Å². The Balaban J connectivity index is 0.00000128. The third kappa shape index (κ3) is 2.66. The Morgan fingerprint density at radius 3 is 2.81 bits per heavy atom. The van der Waals surface area contributed by atoms with Crippen LogP contribution in [0.25, 0.3) is 11.0 Å². The van der Waals surface area contributed by atoms with Crippen molar-refractivity contribution in [2.75, 3.05) is 0 Å². The van der Waals surface area contributed by atoms with E-state index in [0.717, 1.165) is 28.3 Å². The van der Waals surface area contributed by atoms with Crippen LogP contribution >= 0.6 is 24.1 Å². The number of hydrogen-bond acceptors (Lipinski definition) is 5. The van der Waals surface area contributed by atoms with Crippen LogP contribution in [0, 0.1) is 0 Å². The lowest BCUT2D eigenvalue weighted by Gasteiger charge is -2.05. The number of carboxylic acids is 1. The minimum atomic E-state index is -0.994. The second kappa shape index (κ2) is 5.20. The Kier molecular flexibility index (Phi) is 4.17. The van der Waals surface area contributed by atoms with E-state index in [1.54, 1.807) is 0 Å². The van der Waals surface area contributed by atoms with Crippen LogP contribution in [0.15, 0.2) is 18.2 Å². The minimum Gasteiger partial charge on any atom is -0.480 e. The number of carboxylic acid groups (broad SMARTS) is 1. The van der Waals surface area contributed by atoms with Gasteiger partial charge in [-0.15, -0.1) is 12.4 Å². The smallest absolute Gasteiger partial charge is 0.320 e. The number of aromatic nitrogens is 2. The molecule has 1 aromatic heterocycles. The molecule has 5 nitrogen and oxygen atoms in total. The van der Waals surface area contributed by atoms with Crippen molar-refractivity contribution in [2.24, 2.45) is 5.73 Å². The van der Waals surface area contributed by atoms with Gasteiger partial charge in [0.05, 0.1) is 11.7 Å². The highest BCUT2D eigenvalue weighted by Crippen LogP contribution is 2.14. The van der Waals surface area contributed by atoms with Gasteiger partial charge in [0.2, 0.25) is 0 Å². The third-order valence-electron chi connectivity index (χ3n) is 2.09. The summed E-state index contributed by atoms with van der Waals surface area (Å²) in [7, 11) is 0. The number of carbonyl (C=O) groups is 1. The average Bonchev–Trinajstić information content (AvgIpc) is 2.64. The van der Waals surface area contributed by atoms with Gasteiger partial charge in [0, 0.05) is 0 Å². The van der Waals surface area contributed by atoms with Gasteiger partial charge in [-0.3, -0.25) is 4.79 Å². The highest BCUT2D eigenvalue weighted by atomic mass is 35.5. The molecule has 2 rings (SSSR count). The highest BCUT2D eigenvalue weighted by molar-refractivity contribution is 7.00. The van der Waals surface area contributed by atoms with Crippen LogP contribution in [0.4, 0.5) is 0 Å². The van der Waals surface area contributed by atoms with Crippen LogP contribution in [0.1, 0.15) is 5.56 Å². The lowest BCUT2D eigenvalue weighted by molar-refractivity contribution is -0.138. The summed E-state index contributed by atoms with van der Waals surface area (Å²) in [4.78, 5) is 10.6. The highest BCUT2D eigenvalue weighted by Gasteiger charge is 2.12. The molecular weight excluding hydrogens is 250 g/mol. The lowest BCUT2D eigenvalue weighted by atomic mass is 10.1. The van der Waals surface area contributed by atoms with Crippen LogP contribution in [0.2, 0.25) is 0 Å². The summed E-state index contributed by atoms with van der Waals surface area (Å²) in [5.74, 6) is -0.994. The molecule has 0 saturated carbocycles. The third-order valence-corrected chi connectivity index (χ3v) is 2.65. The summed E-state index contributed by atoms with van der Waals surface area (Å²) in [6.07, 6.45) is 0.308. The molecule has 86 valence electrons. The van der Waals surface area contributed by atoms with E-state index in [2.05, 4.69) is 8.75 Å². The SMILES string of the molecule is Cl.N[C@@H](Cc1ccc2nsnc2c1)C(=O)O. The molecule has 1 aromatic carbocycles. The van der Waals surface area contributed by atoms with Gasteiger partial charge < -0.3 is 10.8 Å². The summed E-state index contributed by atoms with van der Waals surface area (Å²) in [6.45, 7) is 0. The van der Waals surface area contributed by atoms with Gasteiger partial charge in [0.15, 0.2) is 0 Å². The van der Waals surface area contributed by atoms with Crippen molar-refractivity contribution in [1.82, 2.24) is 8.75 Å². The minimum absolute atomic E-state index is 0. The maximum atomic E-state index is 10.6. The molecule has 0 bridgehead atoms. The van der Waals surface area contributed by atoms with Crippen molar-refractivity contribution >= 4 is 41.1 Å². The van der Waals surface area contributed by atoms with E-state index in [9.17, 15) is 4.79 Å². The van der Waals surface area contributed by atoms with Gasteiger partial charge in [-0.25, -0.2) is 0 Å². The molecule has 1 atom stereocenters. The molecule has 0 fully saturated rings. The van der Waals surface area contributed by atoms with E-state index in [1.807, 2.05) is 18.2 Å². The monoisotopic (exact) mass is 259 g/mol. The second-order valence-corrected chi connectivity index (χ2v) is 3.76. The van der Waals surface area contributed by atoms with Crippen LogP contribution < -0.4 is 5.73 Å². The summed E-state index contributed by atoms with van der Waals surface area (Å²) in [6, 6.07) is 4.60. The van der Waals surface area contributed by atoms with Crippen molar-refractivity contribution in [3.8, 4) is 0 Å². The van der Waals surface area contributed by atoms with Gasteiger partial charge in [-0.05, 0) is 24.1 Å². The van der Waals surface area contributed by atoms with Crippen molar-refractivity contribution in [1.29, 1.82) is 0 Å². The standard InChI is InChI=1S/C9H9N3O2S.ClH/c10-6(9(13)14)3-5-1-2-7-8(4-5)12-15-11-7;/h1-2,4,6H,3,10H2,(H,13,14);1H/t6-;/m0./s1. The zero-order chi connectivity index (χ0) is 10.8. The molecule has 16 heavy (non-hydrogen) atoms. The number of fused-ring (bicyclic) bond motifs is 1. The topological polar surface area (TPSA) is 89.1 Å². The Bertz CT molecular complexity index is 502. The molecule has 0 aliphatic heterocycles. The van der Waals surface area contributed by atoms with Gasteiger partial charge in [0.1, 0.15) is 17.1 Å². The summed E-state index contributed by atoms with van der Waals surface area (Å²) < 4.78 is 8.13. The Morgan fingerprint density at radius 1 is 1.44 bits per heavy atom. The number of benzene rings is 1.